The van der Waals surface area contributed by atoms with Gasteiger partial charge in [-0.3, -0.25) is 9.28 Å². The lowest BCUT2D eigenvalue weighted by Gasteiger charge is -2.32. The Morgan fingerprint density at radius 3 is 2.65 bits per heavy atom. The molecule has 1 heterocycles. The van der Waals surface area contributed by atoms with Gasteiger partial charge in [0.1, 0.15) is 6.54 Å². The van der Waals surface area contributed by atoms with E-state index in [1.54, 1.807) is 6.08 Å². The molecule has 0 aromatic heterocycles. The Balaban J connectivity index is 2.85. The molecule has 0 bridgehead atoms. The molecule has 0 fully saturated rings. The second-order valence-corrected chi connectivity index (χ2v) is 4.08. The van der Waals surface area contributed by atoms with Gasteiger partial charge in [0.15, 0.2) is 6.54 Å². The fourth-order valence-corrected chi connectivity index (χ4v) is 2.10. The van der Waals surface area contributed by atoms with E-state index < -0.39 is 11.9 Å². The molecule has 2 N–H and O–H groups in total. The Labute approximate surface area is 99.5 Å². The van der Waals surface area contributed by atoms with E-state index in [0.29, 0.717) is 19.5 Å². The van der Waals surface area contributed by atoms with Gasteiger partial charge in [-0.25, -0.2) is 9.79 Å². The van der Waals surface area contributed by atoms with Crippen molar-refractivity contribution < 1.29 is 24.3 Å². The van der Waals surface area contributed by atoms with Crippen LogP contribution < -0.4 is 0 Å². The van der Waals surface area contributed by atoms with Crippen molar-refractivity contribution in [3.63, 3.8) is 0 Å². The van der Waals surface area contributed by atoms with Crippen LogP contribution in [0.2, 0.25) is 0 Å². The largest absolute Gasteiger partial charge is 0.481 e. The van der Waals surface area contributed by atoms with E-state index >= 15 is 0 Å². The van der Waals surface area contributed by atoms with Crippen molar-refractivity contribution in [1.29, 1.82) is 0 Å². The monoisotopic (exact) mass is 241 g/mol. The summed E-state index contributed by atoms with van der Waals surface area (Å²) in [6.07, 6.45) is 2.12. The highest BCUT2D eigenvalue weighted by Gasteiger charge is 2.39. The zero-order valence-electron chi connectivity index (χ0n) is 9.63. The zero-order chi connectivity index (χ0) is 12.9. The second kappa shape index (κ2) is 5.58. The van der Waals surface area contributed by atoms with Crippen molar-refractivity contribution in [2.45, 2.75) is 12.8 Å². The number of hydrogen-bond acceptors (Lipinski definition) is 3. The molecule has 1 atom stereocenters. The van der Waals surface area contributed by atoms with Crippen LogP contribution in [-0.2, 0) is 9.59 Å². The van der Waals surface area contributed by atoms with Crippen LogP contribution in [0, 0.1) is 0 Å². The molecule has 1 rings (SSSR count). The molecule has 0 aliphatic carbocycles. The maximum atomic E-state index is 10.9. The van der Waals surface area contributed by atoms with E-state index in [0.717, 1.165) is 5.84 Å². The number of aliphatic imine (C=N–C) groups is 1. The van der Waals surface area contributed by atoms with Crippen LogP contribution in [0.15, 0.2) is 17.6 Å². The van der Waals surface area contributed by atoms with E-state index in [4.69, 9.17) is 10.2 Å². The Hall–Kier alpha value is -1.69. The Morgan fingerprint density at radius 1 is 1.41 bits per heavy atom. The summed E-state index contributed by atoms with van der Waals surface area (Å²) in [6.45, 7) is 4.88. The van der Waals surface area contributed by atoms with E-state index in [1.807, 2.05) is 0 Å². The highest BCUT2D eigenvalue weighted by atomic mass is 16.4. The maximum Gasteiger partial charge on any atom is 0.359 e. The zero-order valence-corrected chi connectivity index (χ0v) is 9.63. The van der Waals surface area contributed by atoms with Gasteiger partial charge in [-0.1, -0.05) is 6.08 Å². The lowest BCUT2D eigenvalue weighted by molar-refractivity contribution is -0.828. The van der Waals surface area contributed by atoms with E-state index in [-0.39, 0.29) is 24.0 Å². The van der Waals surface area contributed by atoms with Gasteiger partial charge in [-0.15, -0.1) is 6.58 Å². The summed E-state index contributed by atoms with van der Waals surface area (Å²) in [5.74, 6) is -1.13. The molecule has 1 unspecified atom stereocenters. The van der Waals surface area contributed by atoms with Crippen LogP contribution in [0.25, 0.3) is 0 Å². The van der Waals surface area contributed by atoms with E-state index in [1.165, 1.54) is 0 Å². The van der Waals surface area contributed by atoms with Crippen LogP contribution in [0.3, 0.4) is 0 Å². The van der Waals surface area contributed by atoms with Crippen molar-refractivity contribution in [1.82, 2.24) is 0 Å². The summed E-state index contributed by atoms with van der Waals surface area (Å²) in [5, 5.41) is 17.7. The molecule has 6 nitrogen and oxygen atoms in total. The van der Waals surface area contributed by atoms with Gasteiger partial charge >= 0.3 is 11.9 Å². The molecule has 94 valence electrons. The summed E-state index contributed by atoms with van der Waals surface area (Å²) in [5.41, 5.74) is 0. The molecule has 0 amide bonds. The summed E-state index contributed by atoms with van der Waals surface area (Å²) in [4.78, 5) is 25.8. The highest BCUT2D eigenvalue weighted by molar-refractivity contribution is 5.81. The van der Waals surface area contributed by atoms with Gasteiger partial charge in [-0.2, -0.15) is 0 Å². The summed E-state index contributed by atoms with van der Waals surface area (Å²) < 4.78 is 0.146. The van der Waals surface area contributed by atoms with Crippen molar-refractivity contribution in [2.24, 2.45) is 4.99 Å². The molecular weight excluding hydrogens is 224 g/mol. The highest BCUT2D eigenvalue weighted by Crippen LogP contribution is 2.19. The first-order chi connectivity index (χ1) is 8.00. The number of amidine groups is 1. The van der Waals surface area contributed by atoms with Crippen LogP contribution in [0.1, 0.15) is 12.8 Å². The van der Waals surface area contributed by atoms with Crippen molar-refractivity contribution in [2.75, 3.05) is 26.2 Å². The number of carbonyl (C=O) groups is 2. The Morgan fingerprint density at radius 2 is 2.12 bits per heavy atom. The predicted octanol–water partition coefficient (Wildman–Crippen LogP) is 0.351. The van der Waals surface area contributed by atoms with Gasteiger partial charge in [0, 0.05) is 0 Å². The quantitative estimate of drug-likeness (QED) is 0.497. The molecule has 1 aliphatic rings. The first-order valence-electron chi connectivity index (χ1n) is 5.44. The first kappa shape index (κ1) is 13.4. The minimum Gasteiger partial charge on any atom is -0.481 e. The molecule has 0 saturated carbocycles. The summed E-state index contributed by atoms with van der Waals surface area (Å²) in [7, 11) is 0. The molecule has 0 aromatic rings. The lowest BCUT2D eigenvalue weighted by Crippen LogP contribution is -2.54. The molecule has 0 radical (unpaired) electrons. The summed E-state index contributed by atoms with van der Waals surface area (Å²) >= 11 is 0. The number of carboxylic acids is 2. The normalized spacial score (nSPS) is 23.2. The standard InChI is InChI=1S/C11H16N2O4/c1-2-3-9-12-5-7-13(9,8-11(16)17)6-4-10(14)15/h2H,1,3-8H2,(H-,14,15,16,17)/p+1. The number of rotatable bonds is 7. The number of aliphatic carboxylic acids is 2. The number of carboxylic acid groups (broad SMARTS) is 2. The lowest BCUT2D eigenvalue weighted by atomic mass is 10.2. The van der Waals surface area contributed by atoms with Crippen LogP contribution in [0.4, 0.5) is 0 Å². The molecule has 0 aromatic carbocycles. The van der Waals surface area contributed by atoms with E-state index in [2.05, 4.69) is 11.6 Å². The molecule has 17 heavy (non-hydrogen) atoms. The number of nitrogens with zero attached hydrogens (tertiary/aromatic N) is 2. The Kier molecular flexibility index (Phi) is 4.39. The molecule has 1 aliphatic heterocycles. The predicted molar refractivity (Wildman–Crippen MR) is 61.9 cm³/mol. The number of hydrogen-bond donors (Lipinski definition) is 2. The number of quaternary nitrogens is 1. The summed E-state index contributed by atoms with van der Waals surface area (Å²) in [6, 6.07) is 0. The molecule has 6 heteroatoms. The maximum absolute atomic E-state index is 10.9. The van der Waals surface area contributed by atoms with Crippen molar-refractivity contribution in [3.8, 4) is 0 Å². The van der Waals surface area contributed by atoms with Gasteiger partial charge in [0.05, 0.1) is 25.9 Å². The minimum absolute atomic E-state index is 0.0521. The van der Waals surface area contributed by atoms with Crippen molar-refractivity contribution >= 4 is 17.8 Å². The average Bonchev–Trinajstić information content (AvgIpc) is 2.59. The van der Waals surface area contributed by atoms with Gasteiger partial charge in [-0.05, 0) is 0 Å². The Bertz CT molecular complexity index is 364. The van der Waals surface area contributed by atoms with Crippen LogP contribution in [-0.4, -0.2) is 58.6 Å². The third-order valence-electron chi connectivity index (χ3n) is 2.89. The third-order valence-corrected chi connectivity index (χ3v) is 2.89. The van der Waals surface area contributed by atoms with Gasteiger partial charge in [0.2, 0.25) is 5.84 Å². The van der Waals surface area contributed by atoms with E-state index in [9.17, 15) is 9.59 Å². The average molecular weight is 241 g/mol. The SMILES string of the molecule is C=CCC1=NCC[N+]1(CCC(=O)O)CC(=O)O. The molecule has 0 saturated heterocycles. The van der Waals surface area contributed by atoms with Gasteiger partial charge in [0.25, 0.3) is 0 Å². The van der Waals surface area contributed by atoms with Gasteiger partial charge < -0.3 is 10.2 Å². The van der Waals surface area contributed by atoms with Crippen LogP contribution in [0.5, 0.6) is 0 Å². The third kappa shape index (κ3) is 3.39. The fraction of sp³-hybridized carbons (Fsp3) is 0.545. The smallest absolute Gasteiger partial charge is 0.359 e. The first-order valence-corrected chi connectivity index (χ1v) is 5.44. The van der Waals surface area contributed by atoms with Crippen LogP contribution >= 0.6 is 0 Å². The second-order valence-electron chi connectivity index (χ2n) is 4.08. The van der Waals surface area contributed by atoms with Crippen molar-refractivity contribution in [3.05, 3.63) is 12.7 Å². The molecular formula is C11H17N2O4+. The fourth-order valence-electron chi connectivity index (χ4n) is 2.10. The topological polar surface area (TPSA) is 87.0 Å². The molecule has 0 spiro atoms. The minimum atomic E-state index is -0.936.